The highest BCUT2D eigenvalue weighted by Crippen LogP contribution is 2.25. The molecular formula is C19H17NO3. The second-order valence-electron chi connectivity index (χ2n) is 4.76. The lowest BCUT2D eigenvalue weighted by molar-refractivity contribution is -0.141. The number of nitrogens with two attached hydrogens (primary N) is 1. The van der Waals surface area contributed by atoms with Crippen LogP contribution in [0, 0.1) is 0 Å². The predicted molar refractivity (Wildman–Crippen MR) is 88.3 cm³/mol. The normalized spacial score (nSPS) is 11.2. The van der Waals surface area contributed by atoms with Gasteiger partial charge in [0.25, 0.3) is 0 Å². The molecular weight excluding hydrogens is 290 g/mol. The minimum absolute atomic E-state index is 0.491. The van der Waals surface area contributed by atoms with Crippen molar-refractivity contribution >= 4 is 11.9 Å². The number of carbonyl (C=O) groups is 2. The van der Waals surface area contributed by atoms with Gasteiger partial charge in [-0.25, -0.2) is 4.79 Å². The molecule has 0 radical (unpaired) electrons. The molecule has 23 heavy (non-hydrogen) atoms. The monoisotopic (exact) mass is 307 g/mol. The molecule has 0 saturated carbocycles. The summed E-state index contributed by atoms with van der Waals surface area (Å²) in [5, 5.41) is 0. The van der Waals surface area contributed by atoms with Crippen molar-refractivity contribution in [3.8, 4) is 0 Å². The summed E-state index contributed by atoms with van der Waals surface area (Å²) >= 11 is 0. The van der Waals surface area contributed by atoms with E-state index in [9.17, 15) is 9.59 Å². The van der Waals surface area contributed by atoms with Gasteiger partial charge in [-0.2, -0.15) is 0 Å². The fraction of sp³-hybridized carbons (Fsp3) is 0.0526. The van der Waals surface area contributed by atoms with Crippen LogP contribution in [-0.4, -0.2) is 11.9 Å². The van der Waals surface area contributed by atoms with Crippen LogP contribution in [0.25, 0.3) is 0 Å². The number of rotatable bonds is 6. The molecule has 1 amide bonds. The molecule has 0 atom stereocenters. The van der Waals surface area contributed by atoms with E-state index in [1.54, 1.807) is 0 Å². The summed E-state index contributed by atoms with van der Waals surface area (Å²) in [5.41, 5.74) is 6.73. The number of benzene rings is 2. The maximum absolute atomic E-state index is 12.0. The average molecular weight is 307 g/mol. The number of amides is 1. The van der Waals surface area contributed by atoms with E-state index in [2.05, 4.69) is 0 Å². The number of carbonyl (C=O) groups excluding carboxylic acids is 2. The third kappa shape index (κ3) is 5.28. The molecule has 2 aromatic carbocycles. The summed E-state index contributed by atoms with van der Waals surface area (Å²) in [6.07, 6.45) is 4.73. The molecule has 0 spiro atoms. The fourth-order valence-electron chi connectivity index (χ4n) is 2.02. The van der Waals surface area contributed by atoms with E-state index < -0.39 is 18.0 Å². The summed E-state index contributed by atoms with van der Waals surface area (Å²) < 4.78 is 5.55. The van der Waals surface area contributed by atoms with Crippen LogP contribution in [0.5, 0.6) is 0 Å². The fourth-order valence-corrected chi connectivity index (χ4v) is 2.02. The van der Waals surface area contributed by atoms with Crippen molar-refractivity contribution < 1.29 is 14.3 Å². The van der Waals surface area contributed by atoms with Gasteiger partial charge in [0.1, 0.15) is 0 Å². The highest BCUT2D eigenvalue weighted by molar-refractivity contribution is 5.87. The molecule has 0 aliphatic carbocycles. The Kier molecular flexibility index (Phi) is 5.89. The van der Waals surface area contributed by atoms with Crippen molar-refractivity contribution in [2.24, 2.45) is 5.73 Å². The second kappa shape index (κ2) is 8.34. The third-order valence-corrected chi connectivity index (χ3v) is 3.04. The molecule has 2 rings (SSSR count). The van der Waals surface area contributed by atoms with Crippen molar-refractivity contribution in [1.82, 2.24) is 0 Å². The van der Waals surface area contributed by atoms with Gasteiger partial charge in [-0.15, -0.1) is 0 Å². The Morgan fingerprint density at radius 1 is 0.826 bits per heavy atom. The zero-order chi connectivity index (χ0) is 16.5. The van der Waals surface area contributed by atoms with Gasteiger partial charge in [0, 0.05) is 12.2 Å². The molecule has 0 aromatic heterocycles. The van der Waals surface area contributed by atoms with Crippen LogP contribution < -0.4 is 5.73 Å². The van der Waals surface area contributed by atoms with E-state index in [1.165, 1.54) is 18.2 Å². The van der Waals surface area contributed by atoms with Crippen molar-refractivity contribution in [2.75, 3.05) is 0 Å². The zero-order valence-corrected chi connectivity index (χ0v) is 12.5. The number of allylic oxidation sites excluding steroid dienone is 2. The molecule has 0 heterocycles. The summed E-state index contributed by atoms with van der Waals surface area (Å²) in [4.78, 5) is 22.6. The van der Waals surface area contributed by atoms with E-state index in [1.807, 2.05) is 60.7 Å². The molecule has 0 saturated heterocycles. The number of hydrogen-bond donors (Lipinski definition) is 1. The maximum atomic E-state index is 12.0. The van der Waals surface area contributed by atoms with E-state index in [4.69, 9.17) is 10.5 Å². The number of esters is 1. The lowest BCUT2D eigenvalue weighted by Gasteiger charge is -2.17. The molecule has 4 nitrogen and oxygen atoms in total. The summed E-state index contributed by atoms with van der Waals surface area (Å²) in [6.45, 7) is 0. The minimum Gasteiger partial charge on any atom is -0.449 e. The predicted octanol–water partition coefficient (Wildman–Crippen LogP) is 2.92. The number of hydrogen-bond acceptors (Lipinski definition) is 3. The minimum atomic E-state index is -0.575. The van der Waals surface area contributed by atoms with Crippen molar-refractivity contribution in [1.29, 1.82) is 0 Å². The van der Waals surface area contributed by atoms with E-state index >= 15 is 0 Å². The molecule has 0 fully saturated rings. The second-order valence-corrected chi connectivity index (χ2v) is 4.76. The SMILES string of the molecule is NC(=O)/C=C/C=C/C(=O)OC(c1ccccc1)c1ccccc1. The lowest BCUT2D eigenvalue weighted by atomic mass is 10.0. The van der Waals surface area contributed by atoms with E-state index in [-0.39, 0.29) is 0 Å². The Labute approximate surface area is 134 Å². The van der Waals surface area contributed by atoms with Gasteiger partial charge in [0.15, 0.2) is 6.10 Å². The first-order chi connectivity index (χ1) is 11.2. The Morgan fingerprint density at radius 2 is 1.30 bits per heavy atom. The van der Waals surface area contributed by atoms with Crippen LogP contribution in [0.1, 0.15) is 17.2 Å². The first-order valence-corrected chi connectivity index (χ1v) is 7.11. The van der Waals surface area contributed by atoms with Crippen LogP contribution in [0.4, 0.5) is 0 Å². The Morgan fingerprint density at radius 3 is 1.78 bits per heavy atom. The molecule has 116 valence electrons. The first-order valence-electron chi connectivity index (χ1n) is 7.11. The topological polar surface area (TPSA) is 69.4 Å². The summed E-state index contributed by atoms with van der Waals surface area (Å²) in [7, 11) is 0. The summed E-state index contributed by atoms with van der Waals surface area (Å²) in [6, 6.07) is 19.0. The van der Waals surface area contributed by atoms with E-state index in [0.717, 1.165) is 17.2 Å². The Balaban J connectivity index is 2.16. The van der Waals surface area contributed by atoms with Gasteiger partial charge in [0.2, 0.25) is 5.91 Å². The van der Waals surface area contributed by atoms with Crippen LogP contribution in [0.15, 0.2) is 85.0 Å². The highest BCUT2D eigenvalue weighted by Gasteiger charge is 2.17. The van der Waals surface area contributed by atoms with Gasteiger partial charge < -0.3 is 10.5 Å². The maximum Gasteiger partial charge on any atom is 0.331 e. The number of ether oxygens (including phenoxy) is 1. The third-order valence-electron chi connectivity index (χ3n) is 3.04. The molecule has 0 aliphatic heterocycles. The van der Waals surface area contributed by atoms with Crippen molar-refractivity contribution in [3.63, 3.8) is 0 Å². The van der Waals surface area contributed by atoms with Crippen LogP contribution >= 0.6 is 0 Å². The van der Waals surface area contributed by atoms with Gasteiger partial charge in [-0.1, -0.05) is 72.8 Å². The molecule has 0 aliphatic rings. The molecule has 2 aromatic rings. The smallest absolute Gasteiger partial charge is 0.331 e. The van der Waals surface area contributed by atoms with Crippen molar-refractivity contribution in [2.45, 2.75) is 6.10 Å². The summed E-state index contributed by atoms with van der Waals surface area (Å²) in [5.74, 6) is -1.08. The molecule has 0 unspecified atom stereocenters. The zero-order valence-electron chi connectivity index (χ0n) is 12.5. The number of primary amides is 1. The quantitative estimate of drug-likeness (QED) is 0.507. The molecule has 2 N–H and O–H groups in total. The lowest BCUT2D eigenvalue weighted by Crippen LogP contribution is -2.10. The largest absolute Gasteiger partial charge is 0.449 e. The first kappa shape index (κ1) is 16.2. The molecule has 0 bridgehead atoms. The molecule has 4 heteroatoms. The Bertz CT molecular complexity index is 666. The van der Waals surface area contributed by atoms with Crippen LogP contribution in [0.3, 0.4) is 0 Å². The van der Waals surface area contributed by atoms with Crippen molar-refractivity contribution in [3.05, 3.63) is 96.1 Å². The van der Waals surface area contributed by atoms with Gasteiger partial charge in [-0.3, -0.25) is 4.79 Å². The van der Waals surface area contributed by atoms with Gasteiger partial charge >= 0.3 is 5.97 Å². The standard InChI is InChI=1S/C19H17NO3/c20-17(21)13-7-8-14-18(22)23-19(15-9-3-1-4-10-15)16-11-5-2-6-12-16/h1-14,19H,(H2,20,21)/b13-7+,14-8+. The Hall–Kier alpha value is -3.14. The highest BCUT2D eigenvalue weighted by atomic mass is 16.5. The average Bonchev–Trinajstić information content (AvgIpc) is 2.58. The van der Waals surface area contributed by atoms with Gasteiger partial charge in [0.05, 0.1) is 0 Å². The van der Waals surface area contributed by atoms with Crippen LogP contribution in [-0.2, 0) is 14.3 Å². The van der Waals surface area contributed by atoms with E-state index in [0.29, 0.717) is 0 Å². The van der Waals surface area contributed by atoms with Gasteiger partial charge in [-0.05, 0) is 11.1 Å². The van der Waals surface area contributed by atoms with Crippen LogP contribution in [0.2, 0.25) is 0 Å².